The number of aromatic nitrogens is 1. The van der Waals surface area contributed by atoms with E-state index in [-0.39, 0.29) is 5.75 Å². The number of rotatable bonds is 0. The highest BCUT2D eigenvalue weighted by Crippen LogP contribution is 1.95. The Morgan fingerprint density at radius 1 is 1.62 bits per heavy atom. The molecule has 1 heterocycles. The molecule has 38 valence electrons. The summed E-state index contributed by atoms with van der Waals surface area (Å²) in [5.41, 5.74) is 0.361. The van der Waals surface area contributed by atoms with E-state index in [1.54, 1.807) is 0 Å². The predicted molar refractivity (Wildman–Crippen MR) is 31.3 cm³/mol. The number of pyridine rings is 1. The lowest BCUT2D eigenvalue weighted by molar-refractivity contribution is 0.477. The van der Waals surface area contributed by atoms with E-state index >= 15 is 0 Å². The summed E-state index contributed by atoms with van der Waals surface area (Å²) >= 11 is 0. The quantitative estimate of drug-likeness (QED) is 0.454. The van der Waals surface area contributed by atoms with Gasteiger partial charge in [0.15, 0.2) is 0 Å². The molecule has 0 aliphatic carbocycles. The lowest BCUT2D eigenvalue weighted by Gasteiger charge is -1.92. The second-order valence-electron chi connectivity index (χ2n) is 1.43. The van der Waals surface area contributed by atoms with Gasteiger partial charge in [-0.3, -0.25) is 4.98 Å². The monoisotopic (exact) mass is 105 g/mol. The molecule has 2 nitrogen and oxygen atoms in total. The Morgan fingerprint density at radius 2 is 2.38 bits per heavy atom. The van der Waals surface area contributed by atoms with Crippen molar-refractivity contribution in [2.24, 2.45) is 0 Å². The first-order valence-electron chi connectivity index (χ1n) is 2.19. The van der Waals surface area contributed by atoms with Gasteiger partial charge in [-0.25, -0.2) is 0 Å². The van der Waals surface area contributed by atoms with Crippen molar-refractivity contribution in [2.75, 3.05) is 0 Å². The van der Waals surface area contributed by atoms with Gasteiger partial charge in [0, 0.05) is 6.20 Å². The molecule has 0 aliphatic heterocycles. The average molecular weight is 105 g/mol. The molecule has 1 aromatic heterocycles. The van der Waals surface area contributed by atoms with Crippen LogP contribution in [0.1, 0.15) is 0 Å². The SMILES string of the molecule is [B]c1ccncc1O. The van der Waals surface area contributed by atoms with Gasteiger partial charge < -0.3 is 5.11 Å². The average Bonchev–Trinajstić information content (AvgIpc) is 1.77. The minimum Gasteiger partial charge on any atom is -0.507 e. The molecule has 2 radical (unpaired) electrons. The van der Waals surface area contributed by atoms with Gasteiger partial charge in [-0.2, -0.15) is 0 Å². The molecule has 0 bridgehead atoms. The molecule has 0 fully saturated rings. The van der Waals surface area contributed by atoms with E-state index < -0.39 is 0 Å². The van der Waals surface area contributed by atoms with E-state index in [1.807, 2.05) is 0 Å². The van der Waals surface area contributed by atoms with Crippen LogP contribution in [0.5, 0.6) is 5.75 Å². The molecule has 0 spiro atoms. The molecule has 0 aromatic carbocycles. The van der Waals surface area contributed by atoms with Crippen LogP contribution in [0.4, 0.5) is 0 Å². The van der Waals surface area contributed by atoms with Crippen molar-refractivity contribution in [2.45, 2.75) is 0 Å². The van der Waals surface area contributed by atoms with E-state index in [0.29, 0.717) is 5.46 Å². The van der Waals surface area contributed by atoms with Crippen LogP contribution in [0.2, 0.25) is 0 Å². The maximum absolute atomic E-state index is 8.73. The van der Waals surface area contributed by atoms with Crippen LogP contribution >= 0.6 is 0 Å². The molecular weight excluding hydrogens is 101 g/mol. The van der Waals surface area contributed by atoms with Crippen LogP contribution < -0.4 is 5.46 Å². The van der Waals surface area contributed by atoms with Crippen molar-refractivity contribution in [3.8, 4) is 5.75 Å². The number of hydrogen-bond donors (Lipinski definition) is 1. The highest BCUT2D eigenvalue weighted by atomic mass is 16.3. The Balaban J connectivity index is 3.13. The van der Waals surface area contributed by atoms with Crippen LogP contribution in [-0.4, -0.2) is 17.9 Å². The highest BCUT2D eigenvalue weighted by Gasteiger charge is 1.87. The molecular formula is C5H4BNO. The van der Waals surface area contributed by atoms with Crippen molar-refractivity contribution in [1.29, 1.82) is 0 Å². The standard InChI is InChI=1S/C5H4BNO/c6-4-1-2-7-3-5(4)8/h1-3,8H. The van der Waals surface area contributed by atoms with Gasteiger partial charge >= 0.3 is 0 Å². The molecule has 0 saturated carbocycles. The molecule has 0 unspecified atom stereocenters. The van der Waals surface area contributed by atoms with Crippen LogP contribution in [-0.2, 0) is 0 Å². The molecule has 0 atom stereocenters. The van der Waals surface area contributed by atoms with E-state index in [2.05, 4.69) is 4.98 Å². The van der Waals surface area contributed by atoms with Gasteiger partial charge in [0.2, 0.25) is 0 Å². The third-order valence-electron chi connectivity index (χ3n) is 0.833. The van der Waals surface area contributed by atoms with Crippen molar-refractivity contribution >= 4 is 13.3 Å². The smallest absolute Gasteiger partial charge is 0.126 e. The lowest BCUT2D eigenvalue weighted by atomic mass is 9.97. The minimum atomic E-state index is 0.0347. The van der Waals surface area contributed by atoms with Gasteiger partial charge in [0.05, 0.1) is 6.20 Å². The van der Waals surface area contributed by atoms with E-state index in [0.717, 1.165) is 0 Å². The molecule has 1 aromatic rings. The Labute approximate surface area is 48.6 Å². The fourth-order valence-corrected chi connectivity index (χ4v) is 0.397. The summed E-state index contributed by atoms with van der Waals surface area (Å²) in [5, 5.41) is 8.73. The van der Waals surface area contributed by atoms with E-state index in [1.165, 1.54) is 18.5 Å². The van der Waals surface area contributed by atoms with Crippen LogP contribution in [0, 0.1) is 0 Å². The Hall–Kier alpha value is -0.985. The normalized spacial score (nSPS) is 9.00. The summed E-state index contributed by atoms with van der Waals surface area (Å²) in [6.45, 7) is 0. The molecule has 1 N–H and O–H groups in total. The third kappa shape index (κ3) is 0.806. The number of aromatic hydroxyl groups is 1. The molecule has 0 amide bonds. The van der Waals surface area contributed by atoms with Gasteiger partial charge in [0.1, 0.15) is 13.6 Å². The summed E-state index contributed by atoms with van der Waals surface area (Å²) in [7, 11) is 5.23. The topological polar surface area (TPSA) is 33.1 Å². The van der Waals surface area contributed by atoms with Crippen molar-refractivity contribution in [3.05, 3.63) is 18.5 Å². The molecule has 1 rings (SSSR count). The summed E-state index contributed by atoms with van der Waals surface area (Å²) in [6.07, 6.45) is 2.82. The maximum atomic E-state index is 8.73. The van der Waals surface area contributed by atoms with Crippen molar-refractivity contribution in [3.63, 3.8) is 0 Å². The first kappa shape index (κ1) is 5.16. The zero-order chi connectivity index (χ0) is 5.98. The Bertz CT molecular complexity index is 169. The summed E-state index contributed by atoms with van der Waals surface area (Å²) < 4.78 is 0. The predicted octanol–water partition coefficient (Wildman–Crippen LogP) is -0.419. The van der Waals surface area contributed by atoms with Gasteiger partial charge in [-0.15, -0.1) is 0 Å². The van der Waals surface area contributed by atoms with E-state index in [9.17, 15) is 0 Å². The zero-order valence-corrected chi connectivity index (χ0v) is 4.20. The second-order valence-corrected chi connectivity index (χ2v) is 1.43. The maximum Gasteiger partial charge on any atom is 0.126 e. The molecule has 0 aliphatic rings. The Morgan fingerprint density at radius 3 is 2.75 bits per heavy atom. The first-order chi connectivity index (χ1) is 3.80. The van der Waals surface area contributed by atoms with Crippen LogP contribution in [0.3, 0.4) is 0 Å². The first-order valence-corrected chi connectivity index (χ1v) is 2.19. The lowest BCUT2D eigenvalue weighted by Crippen LogP contribution is -2.01. The van der Waals surface area contributed by atoms with Gasteiger partial charge in [0.25, 0.3) is 0 Å². The summed E-state index contributed by atoms with van der Waals surface area (Å²) in [6, 6.07) is 1.54. The van der Waals surface area contributed by atoms with E-state index in [4.69, 9.17) is 13.0 Å². The highest BCUT2D eigenvalue weighted by molar-refractivity contribution is 6.34. The zero-order valence-electron chi connectivity index (χ0n) is 4.20. The largest absolute Gasteiger partial charge is 0.507 e. The molecule has 3 heteroatoms. The fourth-order valence-electron chi connectivity index (χ4n) is 0.397. The third-order valence-corrected chi connectivity index (χ3v) is 0.833. The van der Waals surface area contributed by atoms with Crippen LogP contribution in [0.25, 0.3) is 0 Å². The minimum absolute atomic E-state index is 0.0347. The van der Waals surface area contributed by atoms with Gasteiger partial charge in [-0.05, 0) is 6.07 Å². The fraction of sp³-hybridized carbons (Fsp3) is 0. The second kappa shape index (κ2) is 1.86. The summed E-state index contributed by atoms with van der Waals surface area (Å²) in [5.74, 6) is 0.0347. The molecule has 8 heavy (non-hydrogen) atoms. The number of hydrogen-bond acceptors (Lipinski definition) is 2. The Kier molecular flexibility index (Phi) is 1.20. The number of nitrogens with zero attached hydrogens (tertiary/aromatic N) is 1. The molecule has 0 saturated heterocycles. The summed E-state index contributed by atoms with van der Waals surface area (Å²) in [4.78, 5) is 3.62. The van der Waals surface area contributed by atoms with Gasteiger partial charge in [-0.1, -0.05) is 5.46 Å². The van der Waals surface area contributed by atoms with Crippen LogP contribution in [0.15, 0.2) is 18.5 Å². The van der Waals surface area contributed by atoms with Crippen molar-refractivity contribution < 1.29 is 5.11 Å². The van der Waals surface area contributed by atoms with Crippen molar-refractivity contribution in [1.82, 2.24) is 4.98 Å².